The van der Waals surface area contributed by atoms with Gasteiger partial charge in [0.05, 0.1) is 5.52 Å². The predicted octanol–water partition coefficient (Wildman–Crippen LogP) is 4.35. The minimum Gasteiger partial charge on any atom is -0.365 e. The van der Waals surface area contributed by atoms with Gasteiger partial charge in [-0.15, -0.1) is 0 Å². The summed E-state index contributed by atoms with van der Waals surface area (Å²) >= 11 is 0. The number of aromatic amines is 1. The molecule has 1 heterocycles. The second-order valence-corrected chi connectivity index (χ2v) is 7.31. The highest BCUT2D eigenvalue weighted by Gasteiger charge is 2.33. The number of aryl methyl sites for hydroxylation is 2. The Bertz CT molecular complexity index is 1030. The average Bonchev–Trinajstić information content (AvgIpc) is 2.98. The highest BCUT2D eigenvalue weighted by atomic mass is 19.2. The van der Waals surface area contributed by atoms with Crippen molar-refractivity contribution in [3.8, 4) is 11.8 Å². The second-order valence-electron chi connectivity index (χ2n) is 7.31. The maximum atomic E-state index is 15.1. The molecule has 7 heteroatoms. The lowest BCUT2D eigenvalue weighted by Gasteiger charge is -2.30. The Kier molecular flexibility index (Phi) is 7.60. The third kappa shape index (κ3) is 4.33. The molecule has 0 aliphatic heterocycles. The second kappa shape index (κ2) is 9.75. The molecule has 0 saturated heterocycles. The van der Waals surface area contributed by atoms with Gasteiger partial charge in [-0.1, -0.05) is 26.2 Å². The number of nitrogens with two attached hydrogens (primary N) is 1. The molecule has 1 aromatic heterocycles. The standard InChI is InChI=1S/C21H23F2N3O2.C2H6/c1-4-6-14(27)26-13-8-5-7-12(9-13)16-15-10(2)11(3)25-20(15)17(21(24)28)19(23)18(16)22;1-2/h12-13,25H,5,7-9H2,1-3H3,(H2,24,28)(H,26,27);1-2H3. The molecule has 1 fully saturated rings. The van der Waals surface area contributed by atoms with Crippen LogP contribution >= 0.6 is 0 Å². The van der Waals surface area contributed by atoms with Crippen LogP contribution in [0.25, 0.3) is 10.9 Å². The molecule has 0 bridgehead atoms. The maximum Gasteiger partial charge on any atom is 0.296 e. The van der Waals surface area contributed by atoms with Gasteiger partial charge in [-0.3, -0.25) is 9.59 Å². The Morgan fingerprint density at radius 3 is 2.43 bits per heavy atom. The fraction of sp³-hybridized carbons (Fsp3) is 0.478. The fourth-order valence-electron chi connectivity index (χ4n) is 4.22. The van der Waals surface area contributed by atoms with E-state index in [-0.39, 0.29) is 28.9 Å². The van der Waals surface area contributed by atoms with E-state index in [4.69, 9.17) is 5.73 Å². The van der Waals surface area contributed by atoms with Gasteiger partial charge < -0.3 is 16.0 Å². The number of amides is 2. The predicted molar refractivity (Wildman–Crippen MR) is 114 cm³/mol. The van der Waals surface area contributed by atoms with E-state index >= 15 is 4.39 Å². The Labute approximate surface area is 175 Å². The van der Waals surface area contributed by atoms with E-state index in [1.807, 2.05) is 13.8 Å². The van der Waals surface area contributed by atoms with Crippen molar-refractivity contribution >= 4 is 22.7 Å². The number of fused-ring (bicyclic) bond motifs is 1. The summed E-state index contributed by atoms with van der Waals surface area (Å²) in [6, 6.07) is -0.166. The molecule has 1 saturated carbocycles. The van der Waals surface area contributed by atoms with E-state index < -0.39 is 23.1 Å². The molecule has 3 rings (SSSR count). The summed E-state index contributed by atoms with van der Waals surface area (Å²) in [5.41, 5.74) is 6.83. The molecule has 4 N–H and O–H groups in total. The molecule has 0 radical (unpaired) electrons. The number of H-pyrrole nitrogens is 1. The summed E-state index contributed by atoms with van der Waals surface area (Å²) < 4.78 is 29.9. The first-order valence-corrected chi connectivity index (χ1v) is 10.3. The first-order valence-electron chi connectivity index (χ1n) is 10.3. The van der Waals surface area contributed by atoms with Crippen molar-refractivity contribution in [3.05, 3.63) is 34.0 Å². The number of hydrogen-bond acceptors (Lipinski definition) is 2. The molecular formula is C23H29F2N3O2. The van der Waals surface area contributed by atoms with Crippen LogP contribution in [0.5, 0.6) is 0 Å². The Hall–Kier alpha value is -2.88. The molecule has 2 aromatic rings. The summed E-state index contributed by atoms with van der Waals surface area (Å²) in [6.07, 6.45) is 2.65. The molecule has 2 amide bonds. The molecule has 162 valence electrons. The zero-order valence-corrected chi connectivity index (χ0v) is 18.1. The Balaban J connectivity index is 0.00000155. The van der Waals surface area contributed by atoms with Gasteiger partial charge in [0.1, 0.15) is 5.56 Å². The number of halogens is 2. The number of carbonyl (C=O) groups excluding carboxylic acids is 2. The molecule has 1 aromatic carbocycles. The lowest BCUT2D eigenvalue weighted by atomic mass is 9.79. The summed E-state index contributed by atoms with van der Waals surface area (Å²) in [6.45, 7) is 9.17. The normalized spacial score (nSPS) is 18.1. The first-order chi connectivity index (χ1) is 14.3. The van der Waals surface area contributed by atoms with E-state index in [0.717, 1.165) is 24.1 Å². The SMILES string of the molecule is CC.CC#CC(=O)NC1CCCC(c2c(F)c(F)c(C(N)=O)c3[nH]c(C)c(C)c23)C1. The minimum atomic E-state index is -1.22. The van der Waals surface area contributed by atoms with Crippen molar-refractivity contribution in [3.63, 3.8) is 0 Å². The van der Waals surface area contributed by atoms with Crippen LogP contribution < -0.4 is 11.1 Å². The van der Waals surface area contributed by atoms with E-state index in [2.05, 4.69) is 22.1 Å². The summed E-state index contributed by atoms with van der Waals surface area (Å²) in [4.78, 5) is 26.5. The van der Waals surface area contributed by atoms with Crippen LogP contribution in [0.3, 0.4) is 0 Å². The van der Waals surface area contributed by atoms with Gasteiger partial charge in [0.2, 0.25) is 0 Å². The van der Waals surface area contributed by atoms with Crippen molar-refractivity contribution < 1.29 is 18.4 Å². The molecule has 2 atom stereocenters. The zero-order valence-electron chi connectivity index (χ0n) is 18.1. The average molecular weight is 418 g/mol. The van der Waals surface area contributed by atoms with Gasteiger partial charge in [-0.2, -0.15) is 0 Å². The quantitative estimate of drug-likeness (QED) is 0.648. The van der Waals surface area contributed by atoms with E-state index in [9.17, 15) is 14.0 Å². The van der Waals surface area contributed by atoms with Crippen LogP contribution in [0.2, 0.25) is 0 Å². The van der Waals surface area contributed by atoms with Crippen LogP contribution in [0.1, 0.15) is 79.6 Å². The van der Waals surface area contributed by atoms with Gasteiger partial charge in [0.25, 0.3) is 11.8 Å². The first kappa shape index (κ1) is 23.4. The van der Waals surface area contributed by atoms with Crippen molar-refractivity contribution in [1.29, 1.82) is 0 Å². The number of aromatic nitrogens is 1. The van der Waals surface area contributed by atoms with Gasteiger partial charge in [-0.25, -0.2) is 8.78 Å². The van der Waals surface area contributed by atoms with Gasteiger partial charge >= 0.3 is 0 Å². The topological polar surface area (TPSA) is 88.0 Å². The maximum absolute atomic E-state index is 15.1. The van der Waals surface area contributed by atoms with Gasteiger partial charge in [0.15, 0.2) is 11.6 Å². The lowest BCUT2D eigenvalue weighted by molar-refractivity contribution is -0.116. The molecule has 5 nitrogen and oxygen atoms in total. The monoisotopic (exact) mass is 417 g/mol. The minimum absolute atomic E-state index is 0.166. The number of nitrogens with one attached hydrogen (secondary N) is 2. The van der Waals surface area contributed by atoms with Crippen LogP contribution in [0, 0.1) is 37.3 Å². The molecule has 0 spiro atoms. The summed E-state index contributed by atoms with van der Waals surface area (Å²) in [5, 5.41) is 3.35. The van der Waals surface area contributed by atoms with Gasteiger partial charge in [-0.05, 0) is 57.4 Å². The number of carbonyl (C=O) groups is 2. The van der Waals surface area contributed by atoms with Crippen LogP contribution in [0.15, 0.2) is 0 Å². The number of hydrogen-bond donors (Lipinski definition) is 3. The molecule has 2 unspecified atom stereocenters. The lowest BCUT2D eigenvalue weighted by Crippen LogP contribution is -2.37. The number of benzene rings is 1. The number of rotatable bonds is 3. The summed E-state index contributed by atoms with van der Waals surface area (Å²) in [7, 11) is 0. The van der Waals surface area contributed by atoms with Crippen molar-refractivity contribution in [2.24, 2.45) is 5.73 Å². The van der Waals surface area contributed by atoms with Crippen molar-refractivity contribution in [2.75, 3.05) is 0 Å². The molecule has 1 aliphatic rings. The fourth-order valence-corrected chi connectivity index (χ4v) is 4.22. The van der Waals surface area contributed by atoms with E-state index in [1.54, 1.807) is 20.8 Å². The Morgan fingerprint density at radius 2 is 1.83 bits per heavy atom. The van der Waals surface area contributed by atoms with Crippen LogP contribution in [-0.2, 0) is 4.79 Å². The number of primary amides is 1. The van der Waals surface area contributed by atoms with Crippen molar-refractivity contribution in [2.45, 2.75) is 72.3 Å². The third-order valence-corrected chi connectivity index (χ3v) is 5.57. The summed E-state index contributed by atoms with van der Waals surface area (Å²) in [5.74, 6) is 1.06. The molecule has 30 heavy (non-hydrogen) atoms. The van der Waals surface area contributed by atoms with Crippen LogP contribution in [-0.4, -0.2) is 22.8 Å². The smallest absolute Gasteiger partial charge is 0.296 e. The molecular weight excluding hydrogens is 388 g/mol. The van der Waals surface area contributed by atoms with Gasteiger partial charge in [0, 0.05) is 22.7 Å². The van der Waals surface area contributed by atoms with Crippen molar-refractivity contribution in [1.82, 2.24) is 10.3 Å². The zero-order chi connectivity index (χ0) is 22.6. The largest absolute Gasteiger partial charge is 0.365 e. The van der Waals surface area contributed by atoms with E-state index in [1.165, 1.54) is 0 Å². The van der Waals surface area contributed by atoms with Crippen LogP contribution in [0.4, 0.5) is 8.78 Å². The van der Waals surface area contributed by atoms with E-state index in [0.29, 0.717) is 18.2 Å². The molecule has 1 aliphatic carbocycles. The highest BCUT2D eigenvalue weighted by Crippen LogP contribution is 2.42. The Morgan fingerprint density at radius 1 is 1.17 bits per heavy atom. The highest BCUT2D eigenvalue weighted by molar-refractivity contribution is 6.07. The third-order valence-electron chi connectivity index (χ3n) is 5.57.